The summed E-state index contributed by atoms with van der Waals surface area (Å²) in [7, 11) is 0. The van der Waals surface area contributed by atoms with Crippen molar-refractivity contribution in [2.75, 3.05) is 6.61 Å². The highest BCUT2D eigenvalue weighted by Gasteiger charge is 2.36. The van der Waals surface area contributed by atoms with Gasteiger partial charge in [0.2, 0.25) is 11.9 Å². The van der Waals surface area contributed by atoms with Crippen LogP contribution >= 0.6 is 11.6 Å². The van der Waals surface area contributed by atoms with Crippen LogP contribution in [0.3, 0.4) is 0 Å². The third-order valence-corrected chi connectivity index (χ3v) is 5.38. The minimum Gasteiger partial charge on any atom is -0.492 e. The van der Waals surface area contributed by atoms with Gasteiger partial charge in [-0.1, -0.05) is 11.6 Å². The highest BCUT2D eigenvalue weighted by Crippen LogP contribution is 2.39. The summed E-state index contributed by atoms with van der Waals surface area (Å²) in [4.78, 5) is 22.3. The van der Waals surface area contributed by atoms with E-state index in [9.17, 15) is 4.79 Å². The number of hydrogen-bond acceptors (Lipinski definition) is 5. The smallest absolute Gasteiger partial charge is 0.249 e. The number of halogens is 1. The number of carbonyl (C=O) groups is 1. The van der Waals surface area contributed by atoms with Gasteiger partial charge in [0.15, 0.2) is 0 Å². The fourth-order valence-electron chi connectivity index (χ4n) is 3.33. The van der Waals surface area contributed by atoms with Gasteiger partial charge in [0, 0.05) is 24.5 Å². The predicted octanol–water partition coefficient (Wildman–Crippen LogP) is 3.11. The third-order valence-electron chi connectivity index (χ3n) is 4.97. The van der Waals surface area contributed by atoms with Gasteiger partial charge >= 0.3 is 0 Å². The van der Waals surface area contributed by atoms with Crippen LogP contribution in [0.1, 0.15) is 31.7 Å². The highest BCUT2D eigenvalue weighted by molar-refractivity contribution is 6.33. The lowest BCUT2D eigenvalue weighted by atomic mass is 10.1. The maximum atomic E-state index is 11.8. The maximum absolute atomic E-state index is 11.8. The average Bonchev–Trinajstić information content (AvgIpc) is 3.27. The number of aliphatic imine (C=N–C) groups is 1. The van der Waals surface area contributed by atoms with E-state index in [0.29, 0.717) is 29.9 Å². The Kier molecular flexibility index (Phi) is 5.03. The maximum Gasteiger partial charge on any atom is 0.249 e. The lowest BCUT2D eigenvalue weighted by Gasteiger charge is -2.27. The molecule has 2 aromatic rings. The fraction of sp³-hybridized carbons (Fsp3) is 0.421. The first-order chi connectivity index (χ1) is 13.1. The minimum absolute atomic E-state index is 0.0372. The molecule has 0 saturated carbocycles. The SMILES string of the molecule is CC1C(=O)NC2=Nc3ccc(OCCCCCn4ccnc4)c(Cl)c3CN21. The van der Waals surface area contributed by atoms with E-state index in [1.165, 1.54) is 0 Å². The number of unbranched alkanes of at least 4 members (excludes halogenated alkanes) is 2. The lowest BCUT2D eigenvalue weighted by molar-refractivity contribution is -0.121. The normalized spacial score (nSPS) is 18.0. The molecule has 1 fully saturated rings. The number of fused-ring (bicyclic) bond motifs is 2. The first-order valence-corrected chi connectivity index (χ1v) is 9.57. The van der Waals surface area contributed by atoms with Crippen molar-refractivity contribution in [1.82, 2.24) is 19.8 Å². The molecule has 0 aliphatic carbocycles. The average molecular weight is 388 g/mol. The largest absolute Gasteiger partial charge is 0.492 e. The van der Waals surface area contributed by atoms with Crippen LogP contribution in [-0.4, -0.2) is 39.0 Å². The predicted molar refractivity (Wildman–Crippen MR) is 103 cm³/mol. The number of carbonyl (C=O) groups excluding carboxylic acids is 1. The molecule has 0 radical (unpaired) electrons. The van der Waals surface area contributed by atoms with Gasteiger partial charge in [0.1, 0.15) is 11.8 Å². The van der Waals surface area contributed by atoms with E-state index in [1.54, 1.807) is 6.20 Å². The van der Waals surface area contributed by atoms with Gasteiger partial charge in [-0.15, -0.1) is 0 Å². The Morgan fingerprint density at radius 3 is 3.04 bits per heavy atom. The topological polar surface area (TPSA) is 71.7 Å². The molecule has 27 heavy (non-hydrogen) atoms. The molecule has 1 unspecified atom stereocenters. The lowest BCUT2D eigenvalue weighted by Crippen LogP contribution is -2.35. The molecular weight excluding hydrogens is 366 g/mol. The van der Waals surface area contributed by atoms with Crippen molar-refractivity contribution < 1.29 is 9.53 Å². The number of rotatable bonds is 7. The fourth-order valence-corrected chi connectivity index (χ4v) is 3.60. The third kappa shape index (κ3) is 3.64. The molecule has 1 aromatic heterocycles. The first-order valence-electron chi connectivity index (χ1n) is 9.19. The molecule has 7 nitrogen and oxygen atoms in total. The van der Waals surface area contributed by atoms with E-state index in [-0.39, 0.29) is 11.9 Å². The van der Waals surface area contributed by atoms with Crippen LogP contribution in [0.2, 0.25) is 5.02 Å². The number of imidazole rings is 1. The van der Waals surface area contributed by atoms with Crippen LogP contribution in [0.25, 0.3) is 0 Å². The summed E-state index contributed by atoms with van der Waals surface area (Å²) in [5.41, 5.74) is 1.69. The van der Waals surface area contributed by atoms with Gasteiger partial charge in [-0.2, -0.15) is 0 Å². The molecule has 3 heterocycles. The Morgan fingerprint density at radius 2 is 2.22 bits per heavy atom. The van der Waals surface area contributed by atoms with Gasteiger partial charge in [0.05, 0.1) is 30.2 Å². The van der Waals surface area contributed by atoms with Crippen molar-refractivity contribution >= 4 is 29.2 Å². The van der Waals surface area contributed by atoms with Gasteiger partial charge in [-0.25, -0.2) is 9.98 Å². The van der Waals surface area contributed by atoms with Gasteiger partial charge in [0.25, 0.3) is 0 Å². The van der Waals surface area contributed by atoms with Crippen molar-refractivity contribution in [2.45, 2.75) is 45.3 Å². The number of ether oxygens (including phenoxy) is 1. The summed E-state index contributed by atoms with van der Waals surface area (Å²) in [6, 6.07) is 3.51. The second-order valence-corrected chi connectivity index (χ2v) is 7.19. The number of hydrogen-bond donors (Lipinski definition) is 1. The Morgan fingerprint density at radius 1 is 1.33 bits per heavy atom. The van der Waals surface area contributed by atoms with E-state index in [4.69, 9.17) is 16.3 Å². The molecule has 1 aromatic carbocycles. The monoisotopic (exact) mass is 387 g/mol. The molecule has 1 amide bonds. The second kappa shape index (κ2) is 7.60. The quantitative estimate of drug-likeness (QED) is 0.741. The van der Waals surface area contributed by atoms with Gasteiger partial charge in [-0.05, 0) is 38.3 Å². The number of aryl methyl sites for hydroxylation is 1. The standard InChI is InChI=1S/C19H22ClN5O2/c1-13-18(26)23-19-22-15-5-6-16(17(20)14(15)11-25(13)19)27-10-4-2-3-8-24-9-7-21-12-24/h5-7,9,12-13H,2-4,8,10-11H2,1H3,(H,22,23,26). The van der Waals surface area contributed by atoms with Crippen LogP contribution < -0.4 is 10.1 Å². The zero-order valence-electron chi connectivity index (χ0n) is 15.2. The van der Waals surface area contributed by atoms with Crippen LogP contribution in [0.5, 0.6) is 5.75 Å². The first kappa shape index (κ1) is 17.9. The summed E-state index contributed by atoms with van der Waals surface area (Å²) in [5, 5.41) is 3.39. The van der Waals surface area contributed by atoms with E-state index >= 15 is 0 Å². The molecule has 1 N–H and O–H groups in total. The molecule has 142 valence electrons. The van der Waals surface area contributed by atoms with Crippen LogP contribution in [-0.2, 0) is 17.9 Å². The van der Waals surface area contributed by atoms with Crippen molar-refractivity contribution in [3.63, 3.8) is 0 Å². The highest BCUT2D eigenvalue weighted by atomic mass is 35.5. The van der Waals surface area contributed by atoms with Crippen molar-refractivity contribution in [2.24, 2.45) is 4.99 Å². The molecule has 2 aliphatic rings. The minimum atomic E-state index is -0.243. The summed E-state index contributed by atoms with van der Waals surface area (Å²) in [6.07, 6.45) is 8.73. The molecule has 1 saturated heterocycles. The van der Waals surface area contributed by atoms with Crippen LogP contribution in [0.4, 0.5) is 5.69 Å². The van der Waals surface area contributed by atoms with E-state index in [1.807, 2.05) is 36.5 Å². The zero-order valence-corrected chi connectivity index (χ0v) is 15.9. The molecule has 2 aliphatic heterocycles. The summed E-state index contributed by atoms with van der Waals surface area (Å²) < 4.78 is 7.98. The Hall–Kier alpha value is -2.54. The molecule has 8 heteroatoms. The zero-order chi connectivity index (χ0) is 18.8. The van der Waals surface area contributed by atoms with Gasteiger partial charge in [-0.3, -0.25) is 10.1 Å². The molecular formula is C19H22ClN5O2. The number of nitrogens with one attached hydrogen (secondary N) is 1. The van der Waals surface area contributed by atoms with E-state index in [0.717, 1.165) is 37.1 Å². The number of benzene rings is 1. The van der Waals surface area contributed by atoms with E-state index < -0.39 is 0 Å². The molecule has 1 atom stereocenters. The number of amides is 1. The molecule has 4 rings (SSSR count). The summed E-state index contributed by atoms with van der Waals surface area (Å²) in [6.45, 7) is 4.01. The van der Waals surface area contributed by atoms with Gasteiger partial charge < -0.3 is 14.2 Å². The summed E-state index contributed by atoms with van der Waals surface area (Å²) >= 11 is 6.57. The Balaban J connectivity index is 1.32. The molecule has 0 bridgehead atoms. The van der Waals surface area contributed by atoms with Crippen molar-refractivity contribution in [3.05, 3.63) is 41.4 Å². The van der Waals surface area contributed by atoms with Crippen molar-refractivity contribution in [1.29, 1.82) is 0 Å². The number of aromatic nitrogens is 2. The van der Waals surface area contributed by atoms with Crippen LogP contribution in [0.15, 0.2) is 35.8 Å². The second-order valence-electron chi connectivity index (χ2n) is 6.81. The van der Waals surface area contributed by atoms with Crippen molar-refractivity contribution in [3.8, 4) is 5.75 Å². The summed E-state index contributed by atoms with van der Waals surface area (Å²) in [5.74, 6) is 1.24. The van der Waals surface area contributed by atoms with E-state index in [2.05, 4.69) is 19.9 Å². The Bertz CT molecular complexity index is 865. The molecule has 0 spiro atoms. The number of nitrogens with zero attached hydrogens (tertiary/aromatic N) is 4. The Labute approximate surface area is 163 Å². The van der Waals surface area contributed by atoms with Crippen LogP contribution in [0, 0.1) is 0 Å². The number of guanidine groups is 1.